The summed E-state index contributed by atoms with van der Waals surface area (Å²) in [4.78, 5) is 0. The molecule has 0 unspecified atom stereocenters. The van der Waals surface area contributed by atoms with E-state index < -0.39 is 0 Å². The molecule has 1 aromatic heterocycles. The average Bonchev–Trinajstić information content (AvgIpc) is 2.93. The van der Waals surface area contributed by atoms with Gasteiger partial charge in [0.2, 0.25) is 0 Å². The molecule has 0 atom stereocenters. The van der Waals surface area contributed by atoms with E-state index >= 15 is 0 Å². The molecule has 0 radical (unpaired) electrons. The van der Waals surface area contributed by atoms with Crippen LogP contribution in [0.2, 0.25) is 0 Å². The third-order valence-electron chi connectivity index (χ3n) is 4.47. The number of methoxy groups -OCH3 is 2. The first-order chi connectivity index (χ1) is 12.2. The SMILES string of the molecule is CCCc1c(-c2ccccc2)n(C)c2ccc(OC)c(OCOC)c12. The van der Waals surface area contributed by atoms with Gasteiger partial charge in [0.25, 0.3) is 0 Å². The van der Waals surface area contributed by atoms with E-state index in [2.05, 4.69) is 48.9 Å². The summed E-state index contributed by atoms with van der Waals surface area (Å²) in [5.41, 5.74) is 4.86. The molecule has 0 aliphatic carbocycles. The van der Waals surface area contributed by atoms with Gasteiger partial charge in [-0.25, -0.2) is 0 Å². The van der Waals surface area contributed by atoms with Gasteiger partial charge in [-0.15, -0.1) is 0 Å². The Balaban J connectivity index is 2.34. The van der Waals surface area contributed by atoms with Gasteiger partial charge in [0.15, 0.2) is 18.3 Å². The van der Waals surface area contributed by atoms with Crippen molar-refractivity contribution in [2.45, 2.75) is 19.8 Å². The van der Waals surface area contributed by atoms with Crippen molar-refractivity contribution >= 4 is 10.9 Å². The minimum atomic E-state index is 0.191. The molecular weight excluding hydrogens is 314 g/mol. The normalized spacial score (nSPS) is 11.0. The number of nitrogens with zero attached hydrogens (tertiary/aromatic N) is 1. The number of aryl methyl sites for hydroxylation is 2. The fourth-order valence-corrected chi connectivity index (χ4v) is 3.44. The lowest BCUT2D eigenvalue weighted by Crippen LogP contribution is -2.02. The number of fused-ring (bicyclic) bond motifs is 1. The molecule has 25 heavy (non-hydrogen) atoms. The minimum Gasteiger partial charge on any atom is -0.493 e. The van der Waals surface area contributed by atoms with E-state index in [-0.39, 0.29) is 6.79 Å². The Morgan fingerprint density at radius 2 is 1.76 bits per heavy atom. The fourth-order valence-electron chi connectivity index (χ4n) is 3.44. The Morgan fingerprint density at radius 1 is 1.00 bits per heavy atom. The monoisotopic (exact) mass is 339 g/mol. The zero-order valence-corrected chi connectivity index (χ0v) is 15.3. The summed E-state index contributed by atoms with van der Waals surface area (Å²) in [7, 11) is 5.40. The van der Waals surface area contributed by atoms with Crippen LogP contribution in [-0.2, 0) is 18.2 Å². The second kappa shape index (κ2) is 7.62. The van der Waals surface area contributed by atoms with Crippen molar-refractivity contribution in [3.63, 3.8) is 0 Å². The quantitative estimate of drug-likeness (QED) is 0.580. The van der Waals surface area contributed by atoms with Crippen molar-refractivity contribution in [3.8, 4) is 22.8 Å². The van der Waals surface area contributed by atoms with E-state index in [4.69, 9.17) is 14.2 Å². The van der Waals surface area contributed by atoms with Crippen LogP contribution in [0, 0.1) is 0 Å². The first kappa shape index (κ1) is 17.4. The summed E-state index contributed by atoms with van der Waals surface area (Å²) in [6.45, 7) is 2.39. The van der Waals surface area contributed by atoms with E-state index in [1.807, 2.05) is 12.1 Å². The molecule has 0 aliphatic rings. The predicted molar refractivity (Wildman–Crippen MR) is 101 cm³/mol. The van der Waals surface area contributed by atoms with Crippen molar-refractivity contribution in [1.82, 2.24) is 4.57 Å². The molecule has 0 bridgehead atoms. The molecule has 0 amide bonds. The zero-order chi connectivity index (χ0) is 17.8. The van der Waals surface area contributed by atoms with Gasteiger partial charge in [0.1, 0.15) is 0 Å². The minimum absolute atomic E-state index is 0.191. The van der Waals surface area contributed by atoms with Gasteiger partial charge < -0.3 is 18.8 Å². The van der Waals surface area contributed by atoms with Gasteiger partial charge in [-0.2, -0.15) is 0 Å². The number of rotatable bonds is 7. The number of hydrogen-bond acceptors (Lipinski definition) is 3. The van der Waals surface area contributed by atoms with Crippen LogP contribution >= 0.6 is 0 Å². The third kappa shape index (κ3) is 3.10. The Morgan fingerprint density at radius 3 is 2.40 bits per heavy atom. The van der Waals surface area contributed by atoms with Crippen molar-refractivity contribution < 1.29 is 14.2 Å². The zero-order valence-electron chi connectivity index (χ0n) is 15.3. The number of aromatic nitrogens is 1. The van der Waals surface area contributed by atoms with Crippen LogP contribution in [0.1, 0.15) is 18.9 Å². The lowest BCUT2D eigenvalue weighted by Gasteiger charge is -2.12. The second-order valence-electron chi connectivity index (χ2n) is 6.04. The molecule has 0 spiro atoms. The van der Waals surface area contributed by atoms with Crippen molar-refractivity contribution in [2.75, 3.05) is 21.0 Å². The first-order valence-electron chi connectivity index (χ1n) is 8.58. The summed E-state index contributed by atoms with van der Waals surface area (Å²) >= 11 is 0. The van der Waals surface area contributed by atoms with Crippen LogP contribution in [0.5, 0.6) is 11.5 Å². The molecular formula is C21H25NO3. The largest absolute Gasteiger partial charge is 0.493 e. The van der Waals surface area contributed by atoms with E-state index in [9.17, 15) is 0 Å². The van der Waals surface area contributed by atoms with E-state index in [0.717, 1.165) is 35.2 Å². The highest BCUT2D eigenvalue weighted by atomic mass is 16.7. The van der Waals surface area contributed by atoms with Crippen LogP contribution in [-0.4, -0.2) is 25.6 Å². The van der Waals surface area contributed by atoms with Gasteiger partial charge in [0, 0.05) is 19.5 Å². The number of hydrogen-bond donors (Lipinski definition) is 0. The maximum Gasteiger partial charge on any atom is 0.188 e. The average molecular weight is 339 g/mol. The summed E-state index contributed by atoms with van der Waals surface area (Å²) < 4.78 is 18.8. The van der Waals surface area contributed by atoms with Crippen molar-refractivity contribution in [3.05, 3.63) is 48.0 Å². The third-order valence-corrected chi connectivity index (χ3v) is 4.47. The Labute approximate surface area is 148 Å². The van der Waals surface area contributed by atoms with Gasteiger partial charge in [-0.05, 0) is 29.7 Å². The number of benzene rings is 2. The first-order valence-corrected chi connectivity index (χ1v) is 8.58. The molecule has 3 aromatic rings. The highest BCUT2D eigenvalue weighted by molar-refractivity contribution is 5.98. The smallest absolute Gasteiger partial charge is 0.188 e. The molecule has 0 saturated carbocycles. The number of ether oxygens (including phenoxy) is 3. The van der Waals surface area contributed by atoms with Crippen molar-refractivity contribution in [2.24, 2.45) is 7.05 Å². The second-order valence-corrected chi connectivity index (χ2v) is 6.04. The molecule has 2 aromatic carbocycles. The molecule has 4 nitrogen and oxygen atoms in total. The van der Waals surface area contributed by atoms with Crippen LogP contribution in [0.25, 0.3) is 22.2 Å². The molecule has 132 valence electrons. The molecule has 0 saturated heterocycles. The summed E-state index contributed by atoms with van der Waals surface area (Å²) in [6.07, 6.45) is 2.03. The molecule has 0 fully saturated rings. The predicted octanol–water partition coefficient (Wildman–Crippen LogP) is 4.79. The van der Waals surface area contributed by atoms with Gasteiger partial charge >= 0.3 is 0 Å². The summed E-state index contributed by atoms with van der Waals surface area (Å²) in [5, 5.41) is 1.11. The molecule has 1 heterocycles. The Kier molecular flexibility index (Phi) is 5.29. The highest BCUT2D eigenvalue weighted by Gasteiger charge is 2.22. The lowest BCUT2D eigenvalue weighted by molar-refractivity contribution is 0.0503. The van der Waals surface area contributed by atoms with Crippen LogP contribution in [0.15, 0.2) is 42.5 Å². The van der Waals surface area contributed by atoms with E-state index in [0.29, 0.717) is 0 Å². The summed E-state index contributed by atoms with van der Waals surface area (Å²) in [5.74, 6) is 1.48. The fraction of sp³-hybridized carbons (Fsp3) is 0.333. The Bertz CT molecular complexity index is 853. The van der Waals surface area contributed by atoms with Gasteiger partial charge in [-0.3, -0.25) is 0 Å². The van der Waals surface area contributed by atoms with Crippen LogP contribution < -0.4 is 9.47 Å². The van der Waals surface area contributed by atoms with E-state index in [1.165, 1.54) is 16.8 Å². The molecule has 4 heteroatoms. The van der Waals surface area contributed by atoms with Crippen LogP contribution in [0.3, 0.4) is 0 Å². The summed E-state index contributed by atoms with van der Waals surface area (Å²) in [6, 6.07) is 14.6. The van der Waals surface area contributed by atoms with Gasteiger partial charge in [-0.1, -0.05) is 43.7 Å². The molecule has 0 aliphatic heterocycles. The highest BCUT2D eigenvalue weighted by Crippen LogP contribution is 2.43. The topological polar surface area (TPSA) is 32.6 Å². The van der Waals surface area contributed by atoms with Crippen LogP contribution in [0.4, 0.5) is 0 Å². The maximum atomic E-state index is 5.92. The standard InChI is InChI=1S/C21H25NO3/c1-5-9-16-19-17(12-13-18(24-4)21(19)25-14-23-3)22(2)20(16)15-10-7-6-8-11-15/h6-8,10-13H,5,9,14H2,1-4H3. The van der Waals surface area contributed by atoms with E-state index in [1.54, 1.807) is 14.2 Å². The molecule has 0 N–H and O–H groups in total. The molecule has 3 rings (SSSR count). The van der Waals surface area contributed by atoms with Crippen molar-refractivity contribution in [1.29, 1.82) is 0 Å². The Hall–Kier alpha value is -2.46. The maximum absolute atomic E-state index is 5.92. The lowest BCUT2D eigenvalue weighted by atomic mass is 10.0. The van der Waals surface area contributed by atoms with Gasteiger partial charge in [0.05, 0.1) is 18.3 Å².